The second kappa shape index (κ2) is 9.97. The molecule has 1 N–H and O–H groups in total. The predicted molar refractivity (Wildman–Crippen MR) is 136 cm³/mol. The third-order valence-corrected chi connectivity index (χ3v) is 6.77. The number of benzene rings is 2. The summed E-state index contributed by atoms with van der Waals surface area (Å²) in [5, 5.41) is 5.50. The van der Waals surface area contributed by atoms with Crippen LogP contribution in [0.15, 0.2) is 53.9 Å². The van der Waals surface area contributed by atoms with Crippen LogP contribution in [0.4, 0.5) is 5.69 Å². The minimum Gasteiger partial charge on any atom is -0.482 e. The van der Waals surface area contributed by atoms with Crippen molar-refractivity contribution in [1.29, 1.82) is 0 Å². The lowest BCUT2D eigenvalue weighted by Gasteiger charge is -2.31. The van der Waals surface area contributed by atoms with Gasteiger partial charge in [-0.1, -0.05) is 57.2 Å². The molecule has 0 spiro atoms. The number of anilines is 1. The zero-order valence-corrected chi connectivity index (χ0v) is 20.9. The molecule has 0 radical (unpaired) electrons. The Morgan fingerprint density at radius 1 is 1.21 bits per heavy atom. The van der Waals surface area contributed by atoms with E-state index in [0.717, 1.165) is 24.1 Å². The first-order chi connectivity index (χ1) is 16.2. The number of ether oxygens (including phenoxy) is 1. The maximum atomic E-state index is 12.7. The van der Waals surface area contributed by atoms with E-state index < -0.39 is 0 Å². The number of nitrogens with one attached hydrogen (secondary N) is 1. The number of carbonyl (C=O) groups excluding carboxylic acids is 2. The van der Waals surface area contributed by atoms with E-state index in [2.05, 4.69) is 43.2 Å². The molecule has 178 valence electrons. The van der Waals surface area contributed by atoms with Crippen LogP contribution < -0.4 is 15.0 Å². The first kappa shape index (κ1) is 24.0. The number of fused-ring (bicyclic) bond motifs is 1. The Labute approximate surface area is 205 Å². The van der Waals surface area contributed by atoms with E-state index in [1.165, 1.54) is 16.9 Å². The van der Waals surface area contributed by atoms with Gasteiger partial charge >= 0.3 is 0 Å². The molecule has 0 aliphatic carbocycles. The minimum atomic E-state index is -0.188. The van der Waals surface area contributed by atoms with E-state index in [-0.39, 0.29) is 29.9 Å². The summed E-state index contributed by atoms with van der Waals surface area (Å²) in [6, 6.07) is 16.2. The summed E-state index contributed by atoms with van der Waals surface area (Å²) in [5.41, 5.74) is 3.46. The first-order valence-electron chi connectivity index (χ1n) is 11.6. The van der Waals surface area contributed by atoms with Crippen molar-refractivity contribution < 1.29 is 14.3 Å². The molecule has 1 atom stereocenters. The van der Waals surface area contributed by atoms with Gasteiger partial charge in [-0.15, -0.1) is 11.3 Å². The molecule has 2 heterocycles. The highest BCUT2D eigenvalue weighted by Crippen LogP contribution is 2.37. The Kier molecular flexibility index (Phi) is 7.03. The lowest BCUT2D eigenvalue weighted by Crippen LogP contribution is -2.38. The summed E-state index contributed by atoms with van der Waals surface area (Å²) in [6.07, 6.45) is 1.75. The van der Waals surface area contributed by atoms with Crippen LogP contribution in [0, 0.1) is 0 Å². The quantitative estimate of drug-likeness (QED) is 0.513. The van der Waals surface area contributed by atoms with Crippen molar-refractivity contribution in [3.8, 4) is 5.75 Å². The molecule has 1 aromatic heterocycles. The van der Waals surface area contributed by atoms with Gasteiger partial charge in [0.1, 0.15) is 16.5 Å². The molecule has 2 aromatic carbocycles. The molecule has 0 saturated heterocycles. The van der Waals surface area contributed by atoms with Gasteiger partial charge in [0.2, 0.25) is 0 Å². The molecule has 34 heavy (non-hydrogen) atoms. The van der Waals surface area contributed by atoms with Crippen molar-refractivity contribution in [2.75, 3.05) is 11.5 Å². The maximum absolute atomic E-state index is 12.7. The van der Waals surface area contributed by atoms with Crippen LogP contribution in [0.3, 0.4) is 0 Å². The lowest BCUT2D eigenvalue weighted by atomic mass is 9.86. The van der Waals surface area contributed by atoms with E-state index >= 15 is 0 Å². The highest BCUT2D eigenvalue weighted by Gasteiger charge is 2.28. The maximum Gasteiger partial charge on any atom is 0.270 e. The fourth-order valence-electron chi connectivity index (χ4n) is 3.86. The predicted octanol–water partition coefficient (Wildman–Crippen LogP) is 5.12. The standard InChI is InChI=1S/C27H31N3O3S/c1-18(10-11-19-8-6-5-7-9-19)28-26(32)21-17-34-24(29-21)15-30-22-14-20(27(2,3)4)12-13-23(22)33-16-25(30)31/h5-9,12-14,17-18H,10-11,15-16H2,1-4H3,(H,28,32). The molecule has 0 bridgehead atoms. The number of aryl methyl sites for hydroxylation is 1. The van der Waals surface area contributed by atoms with Gasteiger partial charge in [-0.05, 0) is 48.4 Å². The van der Waals surface area contributed by atoms with Crippen molar-refractivity contribution in [2.45, 2.75) is 58.5 Å². The summed E-state index contributed by atoms with van der Waals surface area (Å²) < 4.78 is 5.64. The van der Waals surface area contributed by atoms with Crippen molar-refractivity contribution in [3.05, 3.63) is 75.7 Å². The van der Waals surface area contributed by atoms with Crippen molar-refractivity contribution >= 4 is 28.8 Å². The van der Waals surface area contributed by atoms with Crippen LogP contribution in [0.25, 0.3) is 0 Å². The van der Waals surface area contributed by atoms with Crippen LogP contribution >= 0.6 is 11.3 Å². The molecule has 0 fully saturated rings. The fourth-order valence-corrected chi connectivity index (χ4v) is 4.62. The molecule has 1 aliphatic rings. The normalized spacial score (nSPS) is 14.4. The van der Waals surface area contributed by atoms with E-state index in [1.54, 1.807) is 10.3 Å². The van der Waals surface area contributed by atoms with Gasteiger partial charge in [0.15, 0.2) is 6.61 Å². The number of hydrogen-bond donors (Lipinski definition) is 1. The Balaban J connectivity index is 1.41. The largest absolute Gasteiger partial charge is 0.482 e. The molecule has 6 nitrogen and oxygen atoms in total. The molecule has 2 amide bonds. The van der Waals surface area contributed by atoms with Gasteiger partial charge < -0.3 is 10.1 Å². The molecule has 0 saturated carbocycles. The molecule has 1 aliphatic heterocycles. The van der Waals surface area contributed by atoms with Gasteiger partial charge in [-0.25, -0.2) is 4.98 Å². The van der Waals surface area contributed by atoms with Crippen molar-refractivity contribution in [2.24, 2.45) is 0 Å². The van der Waals surface area contributed by atoms with Gasteiger partial charge in [0.25, 0.3) is 11.8 Å². The highest BCUT2D eigenvalue weighted by molar-refractivity contribution is 7.09. The number of amides is 2. The third kappa shape index (κ3) is 5.65. The molecule has 4 rings (SSSR count). The SMILES string of the molecule is CC(CCc1ccccc1)NC(=O)c1csc(CN2C(=O)COc3ccc(C(C)(C)C)cc32)n1. The smallest absolute Gasteiger partial charge is 0.270 e. The zero-order chi connectivity index (χ0) is 24.3. The van der Waals surface area contributed by atoms with Crippen molar-refractivity contribution in [1.82, 2.24) is 10.3 Å². The molecular formula is C27H31N3O3S. The van der Waals surface area contributed by atoms with Crippen LogP contribution in [-0.4, -0.2) is 29.4 Å². The zero-order valence-electron chi connectivity index (χ0n) is 20.1. The number of rotatable bonds is 7. The topological polar surface area (TPSA) is 71.5 Å². The number of thiazole rings is 1. The van der Waals surface area contributed by atoms with Crippen LogP contribution in [0.1, 0.15) is 60.7 Å². The average Bonchev–Trinajstić information content (AvgIpc) is 3.28. The average molecular weight is 478 g/mol. The van der Waals surface area contributed by atoms with Gasteiger partial charge in [0.05, 0.1) is 12.2 Å². The molecule has 3 aromatic rings. The monoisotopic (exact) mass is 477 g/mol. The minimum absolute atomic E-state index is 0.000484. The van der Waals surface area contributed by atoms with Crippen molar-refractivity contribution in [3.63, 3.8) is 0 Å². The lowest BCUT2D eigenvalue weighted by molar-refractivity contribution is -0.121. The summed E-state index contributed by atoms with van der Waals surface area (Å²) in [5.74, 6) is 0.385. The highest BCUT2D eigenvalue weighted by atomic mass is 32.1. The van der Waals surface area contributed by atoms with Crippen LogP contribution in [0.2, 0.25) is 0 Å². The van der Waals surface area contributed by atoms with E-state index in [4.69, 9.17) is 4.74 Å². The fraction of sp³-hybridized carbons (Fsp3) is 0.370. The second-order valence-electron chi connectivity index (χ2n) is 9.73. The summed E-state index contributed by atoms with van der Waals surface area (Å²) in [4.78, 5) is 31.6. The van der Waals surface area contributed by atoms with E-state index in [0.29, 0.717) is 23.0 Å². The third-order valence-electron chi connectivity index (χ3n) is 5.93. The van der Waals surface area contributed by atoms with E-state index in [1.807, 2.05) is 43.3 Å². The Bertz CT molecular complexity index is 1170. The molecular weight excluding hydrogens is 446 g/mol. The Morgan fingerprint density at radius 3 is 2.71 bits per heavy atom. The van der Waals surface area contributed by atoms with Crippen LogP contribution in [0.5, 0.6) is 5.75 Å². The number of aromatic nitrogens is 1. The Hall–Kier alpha value is -3.19. The van der Waals surface area contributed by atoms with E-state index in [9.17, 15) is 9.59 Å². The van der Waals surface area contributed by atoms with Gasteiger partial charge in [0, 0.05) is 11.4 Å². The summed E-state index contributed by atoms with van der Waals surface area (Å²) in [6.45, 7) is 8.72. The van der Waals surface area contributed by atoms with Gasteiger partial charge in [-0.3, -0.25) is 14.5 Å². The summed E-state index contributed by atoms with van der Waals surface area (Å²) in [7, 11) is 0. The number of carbonyl (C=O) groups is 2. The number of hydrogen-bond acceptors (Lipinski definition) is 5. The molecule has 7 heteroatoms. The summed E-state index contributed by atoms with van der Waals surface area (Å²) >= 11 is 1.39. The Morgan fingerprint density at radius 2 is 1.97 bits per heavy atom. The second-order valence-corrected chi connectivity index (χ2v) is 10.7. The first-order valence-corrected chi connectivity index (χ1v) is 12.5. The van der Waals surface area contributed by atoms with Gasteiger partial charge in [-0.2, -0.15) is 0 Å². The number of nitrogens with zero attached hydrogens (tertiary/aromatic N) is 2. The van der Waals surface area contributed by atoms with Crippen LogP contribution in [-0.2, 0) is 23.2 Å². The molecule has 1 unspecified atom stereocenters.